The van der Waals surface area contributed by atoms with Crippen LogP contribution in [0.2, 0.25) is 0 Å². The van der Waals surface area contributed by atoms with E-state index in [0.717, 1.165) is 35.8 Å². The molecule has 3 nitrogen and oxygen atoms in total. The second kappa shape index (κ2) is 9.16. The van der Waals surface area contributed by atoms with E-state index >= 15 is 0 Å². The lowest BCUT2D eigenvalue weighted by molar-refractivity contribution is 0.306. The predicted molar refractivity (Wildman–Crippen MR) is 99.8 cm³/mol. The smallest absolute Gasteiger partial charge is 0.119 e. The average molecular weight is 329 g/mol. The molecule has 0 spiro atoms. The minimum atomic E-state index is 0.688. The van der Waals surface area contributed by atoms with Crippen LogP contribution in [0, 0.1) is 0 Å². The van der Waals surface area contributed by atoms with E-state index in [1.54, 1.807) is 7.11 Å². The van der Waals surface area contributed by atoms with Crippen molar-refractivity contribution in [3.63, 3.8) is 0 Å². The van der Waals surface area contributed by atoms with Gasteiger partial charge in [-0.2, -0.15) is 0 Å². The van der Waals surface area contributed by atoms with Gasteiger partial charge < -0.3 is 14.8 Å². The van der Waals surface area contributed by atoms with Crippen molar-refractivity contribution in [2.75, 3.05) is 19.0 Å². The van der Waals surface area contributed by atoms with Gasteiger partial charge in [0.15, 0.2) is 0 Å². The fourth-order valence-electron chi connectivity index (χ4n) is 2.12. The van der Waals surface area contributed by atoms with E-state index in [9.17, 15) is 0 Å². The minimum Gasteiger partial charge on any atom is -0.497 e. The Balaban J connectivity index is 1.88. The lowest BCUT2D eigenvalue weighted by Gasteiger charge is -2.10. The first-order chi connectivity index (χ1) is 11.2. The van der Waals surface area contributed by atoms with Crippen LogP contribution in [0.1, 0.15) is 31.7 Å². The molecule has 0 unspecified atom stereocenters. The number of unbranched alkanes of at least 4 members (excludes halogenated alkanes) is 2. The van der Waals surface area contributed by atoms with E-state index in [-0.39, 0.29) is 0 Å². The molecule has 2 aromatic carbocycles. The van der Waals surface area contributed by atoms with Gasteiger partial charge in [0.1, 0.15) is 16.5 Å². The molecular formula is C19H23NO2S. The molecule has 122 valence electrons. The molecule has 0 atom stereocenters. The van der Waals surface area contributed by atoms with Crippen molar-refractivity contribution in [2.24, 2.45) is 0 Å². The summed E-state index contributed by atoms with van der Waals surface area (Å²) in [6.45, 7) is 2.95. The van der Waals surface area contributed by atoms with Gasteiger partial charge in [-0.05, 0) is 55.0 Å². The Hall–Kier alpha value is -2.07. The van der Waals surface area contributed by atoms with Crippen LogP contribution in [-0.4, -0.2) is 18.7 Å². The van der Waals surface area contributed by atoms with Gasteiger partial charge in [0.05, 0.1) is 13.7 Å². The summed E-state index contributed by atoms with van der Waals surface area (Å²) < 4.78 is 10.9. The molecule has 0 aliphatic heterocycles. The van der Waals surface area contributed by atoms with Gasteiger partial charge in [-0.15, -0.1) is 0 Å². The largest absolute Gasteiger partial charge is 0.497 e. The van der Waals surface area contributed by atoms with Crippen molar-refractivity contribution in [2.45, 2.75) is 26.2 Å². The summed E-state index contributed by atoms with van der Waals surface area (Å²) in [5.41, 5.74) is 1.91. The van der Waals surface area contributed by atoms with E-state index < -0.39 is 0 Å². The van der Waals surface area contributed by atoms with Gasteiger partial charge >= 0.3 is 0 Å². The van der Waals surface area contributed by atoms with E-state index in [0.29, 0.717) is 4.99 Å². The third-order valence-corrected chi connectivity index (χ3v) is 3.82. The molecule has 0 saturated heterocycles. The molecule has 0 aliphatic carbocycles. The van der Waals surface area contributed by atoms with Gasteiger partial charge in [0, 0.05) is 11.3 Å². The first-order valence-corrected chi connectivity index (χ1v) is 8.32. The van der Waals surface area contributed by atoms with Crippen molar-refractivity contribution in [1.82, 2.24) is 0 Å². The van der Waals surface area contributed by atoms with Crippen LogP contribution in [0.15, 0.2) is 48.5 Å². The third-order valence-electron chi connectivity index (χ3n) is 3.48. The van der Waals surface area contributed by atoms with Crippen LogP contribution in [0.5, 0.6) is 11.5 Å². The SMILES string of the molecule is CCCCCOc1ccc(C(=S)Nc2ccc(OC)cc2)cc1. The molecule has 0 aliphatic rings. The number of anilines is 1. The summed E-state index contributed by atoms with van der Waals surface area (Å²) >= 11 is 5.45. The number of nitrogens with one attached hydrogen (secondary N) is 1. The van der Waals surface area contributed by atoms with Crippen molar-refractivity contribution in [3.8, 4) is 11.5 Å². The maximum Gasteiger partial charge on any atom is 0.119 e. The highest BCUT2D eigenvalue weighted by Crippen LogP contribution is 2.18. The summed E-state index contributed by atoms with van der Waals surface area (Å²) in [7, 11) is 1.65. The Bertz CT molecular complexity index is 608. The molecule has 0 radical (unpaired) electrons. The highest BCUT2D eigenvalue weighted by atomic mass is 32.1. The second-order valence-corrected chi connectivity index (χ2v) is 5.67. The molecule has 0 aromatic heterocycles. The van der Waals surface area contributed by atoms with E-state index in [1.807, 2.05) is 48.5 Å². The number of ether oxygens (including phenoxy) is 2. The van der Waals surface area contributed by atoms with Crippen LogP contribution < -0.4 is 14.8 Å². The zero-order valence-electron chi connectivity index (χ0n) is 13.7. The van der Waals surface area contributed by atoms with Gasteiger partial charge in [-0.1, -0.05) is 32.0 Å². The molecular weight excluding hydrogens is 306 g/mol. The summed E-state index contributed by atoms with van der Waals surface area (Å²) in [6.07, 6.45) is 3.50. The van der Waals surface area contributed by atoms with Gasteiger partial charge in [-0.3, -0.25) is 0 Å². The number of hydrogen-bond donors (Lipinski definition) is 1. The standard InChI is InChI=1S/C19H23NO2S/c1-3-4-5-14-22-18-10-6-15(7-11-18)19(23)20-16-8-12-17(21-2)13-9-16/h6-13H,3-5,14H2,1-2H3,(H,20,23). The van der Waals surface area contributed by atoms with Crippen molar-refractivity contribution in [3.05, 3.63) is 54.1 Å². The van der Waals surface area contributed by atoms with E-state index in [1.165, 1.54) is 12.8 Å². The molecule has 1 N–H and O–H groups in total. The molecule has 0 bridgehead atoms. The van der Waals surface area contributed by atoms with Crippen LogP contribution in [-0.2, 0) is 0 Å². The maximum absolute atomic E-state index is 5.71. The molecule has 4 heteroatoms. The summed E-state index contributed by atoms with van der Waals surface area (Å²) in [5, 5.41) is 3.22. The molecule has 2 rings (SSSR count). The van der Waals surface area contributed by atoms with Crippen LogP contribution in [0.3, 0.4) is 0 Å². The Morgan fingerprint density at radius 3 is 2.22 bits per heavy atom. The lowest BCUT2D eigenvalue weighted by Crippen LogP contribution is -2.10. The third kappa shape index (κ3) is 5.57. The van der Waals surface area contributed by atoms with E-state index in [4.69, 9.17) is 21.7 Å². The first kappa shape index (κ1) is 17.3. The fraction of sp³-hybridized carbons (Fsp3) is 0.316. The molecule has 0 fully saturated rings. The molecule has 2 aromatic rings. The van der Waals surface area contributed by atoms with Crippen molar-refractivity contribution in [1.29, 1.82) is 0 Å². The van der Waals surface area contributed by atoms with Gasteiger partial charge in [-0.25, -0.2) is 0 Å². The van der Waals surface area contributed by atoms with Gasteiger partial charge in [0.2, 0.25) is 0 Å². The van der Waals surface area contributed by atoms with Crippen LogP contribution in [0.4, 0.5) is 5.69 Å². The minimum absolute atomic E-state index is 0.688. The molecule has 23 heavy (non-hydrogen) atoms. The molecule has 0 amide bonds. The highest BCUT2D eigenvalue weighted by Gasteiger charge is 2.03. The number of methoxy groups -OCH3 is 1. The monoisotopic (exact) mass is 329 g/mol. The van der Waals surface area contributed by atoms with Crippen molar-refractivity contribution >= 4 is 22.9 Å². The van der Waals surface area contributed by atoms with Crippen LogP contribution in [0.25, 0.3) is 0 Å². The number of benzene rings is 2. The summed E-state index contributed by atoms with van der Waals surface area (Å²) in [4.78, 5) is 0.688. The predicted octanol–water partition coefficient (Wildman–Crippen LogP) is 5.05. The molecule has 0 saturated carbocycles. The normalized spacial score (nSPS) is 10.2. The zero-order chi connectivity index (χ0) is 16.5. The first-order valence-electron chi connectivity index (χ1n) is 7.91. The quantitative estimate of drug-likeness (QED) is 0.542. The van der Waals surface area contributed by atoms with E-state index in [2.05, 4.69) is 12.2 Å². The Labute approximate surface area is 143 Å². The Morgan fingerprint density at radius 2 is 1.61 bits per heavy atom. The Kier molecular flexibility index (Phi) is 6.88. The number of rotatable bonds is 8. The number of hydrogen-bond acceptors (Lipinski definition) is 3. The Morgan fingerprint density at radius 1 is 0.957 bits per heavy atom. The topological polar surface area (TPSA) is 30.5 Å². The van der Waals surface area contributed by atoms with Crippen LogP contribution >= 0.6 is 12.2 Å². The van der Waals surface area contributed by atoms with Gasteiger partial charge in [0.25, 0.3) is 0 Å². The summed E-state index contributed by atoms with van der Waals surface area (Å²) in [5.74, 6) is 1.71. The zero-order valence-corrected chi connectivity index (χ0v) is 14.5. The van der Waals surface area contributed by atoms with Crippen molar-refractivity contribution < 1.29 is 9.47 Å². The highest BCUT2D eigenvalue weighted by molar-refractivity contribution is 7.81. The summed E-state index contributed by atoms with van der Waals surface area (Å²) in [6, 6.07) is 15.6. The average Bonchev–Trinajstić information content (AvgIpc) is 2.60. The maximum atomic E-state index is 5.71. The lowest BCUT2D eigenvalue weighted by atomic mass is 10.2. The number of thiocarbonyl (C=S) groups is 1. The molecule has 0 heterocycles. The fourth-order valence-corrected chi connectivity index (χ4v) is 2.38. The second-order valence-electron chi connectivity index (χ2n) is 5.26.